The minimum atomic E-state index is -3.39. The molecule has 5 nitrogen and oxygen atoms in total. The first kappa shape index (κ1) is 14.8. The van der Waals surface area contributed by atoms with Crippen LogP contribution in [0.15, 0.2) is 0 Å². The predicted octanol–water partition coefficient (Wildman–Crippen LogP) is -0.244. The summed E-state index contributed by atoms with van der Waals surface area (Å²) in [4.78, 5) is 0. The van der Waals surface area contributed by atoms with Crippen LogP contribution in [-0.4, -0.2) is 48.3 Å². The van der Waals surface area contributed by atoms with Crippen LogP contribution in [0.2, 0.25) is 0 Å². The second-order valence-corrected chi connectivity index (χ2v) is 6.68. The van der Waals surface area contributed by atoms with Crippen molar-refractivity contribution in [1.29, 1.82) is 0 Å². The summed E-state index contributed by atoms with van der Waals surface area (Å²) in [5.74, 6) is 0. The van der Waals surface area contributed by atoms with Crippen molar-refractivity contribution >= 4 is 10.0 Å². The molecule has 0 aromatic carbocycles. The number of aliphatic hydroxyl groups is 1. The van der Waals surface area contributed by atoms with Crippen molar-refractivity contribution in [3.05, 3.63) is 0 Å². The maximum atomic E-state index is 11.9. The van der Waals surface area contributed by atoms with Crippen LogP contribution >= 0.6 is 0 Å². The maximum Gasteiger partial charge on any atom is 0.218 e. The van der Waals surface area contributed by atoms with Crippen LogP contribution in [0.4, 0.5) is 0 Å². The van der Waals surface area contributed by atoms with Crippen LogP contribution in [0.1, 0.15) is 27.7 Å². The van der Waals surface area contributed by atoms with E-state index in [2.05, 4.69) is 0 Å². The van der Waals surface area contributed by atoms with Gasteiger partial charge in [-0.1, -0.05) is 6.92 Å². The SMILES string of the molecule is CCN(CC(C)(C)O)S(=O)(=O)C(C)CN. The average molecular weight is 238 g/mol. The first-order valence-corrected chi connectivity index (χ1v) is 6.57. The Morgan fingerprint density at radius 2 is 1.93 bits per heavy atom. The molecule has 6 heteroatoms. The fourth-order valence-electron chi connectivity index (χ4n) is 1.19. The van der Waals surface area contributed by atoms with Gasteiger partial charge in [0.25, 0.3) is 0 Å². The predicted molar refractivity (Wildman–Crippen MR) is 61.0 cm³/mol. The van der Waals surface area contributed by atoms with Crippen LogP contribution < -0.4 is 5.73 Å². The lowest BCUT2D eigenvalue weighted by atomic mass is 10.1. The van der Waals surface area contributed by atoms with E-state index in [1.165, 1.54) is 4.31 Å². The summed E-state index contributed by atoms with van der Waals surface area (Å²) in [6.45, 7) is 7.00. The lowest BCUT2D eigenvalue weighted by Crippen LogP contribution is -2.46. The Hall–Kier alpha value is -0.170. The minimum Gasteiger partial charge on any atom is -0.389 e. The molecule has 0 saturated carbocycles. The summed E-state index contributed by atoms with van der Waals surface area (Å²) in [6.07, 6.45) is 0. The topological polar surface area (TPSA) is 83.6 Å². The molecule has 1 unspecified atom stereocenters. The normalized spacial score (nSPS) is 15.7. The number of nitrogens with zero attached hydrogens (tertiary/aromatic N) is 1. The van der Waals surface area contributed by atoms with E-state index in [0.717, 1.165) is 0 Å². The highest BCUT2D eigenvalue weighted by Gasteiger charge is 2.30. The van der Waals surface area contributed by atoms with E-state index in [1.54, 1.807) is 27.7 Å². The average Bonchev–Trinajstić information content (AvgIpc) is 2.10. The molecule has 0 aromatic rings. The van der Waals surface area contributed by atoms with Gasteiger partial charge in [-0.05, 0) is 20.8 Å². The smallest absolute Gasteiger partial charge is 0.218 e. The molecule has 0 rings (SSSR count). The zero-order valence-corrected chi connectivity index (χ0v) is 10.7. The lowest BCUT2D eigenvalue weighted by Gasteiger charge is -2.29. The van der Waals surface area contributed by atoms with Gasteiger partial charge in [0.05, 0.1) is 10.9 Å². The Labute approximate surface area is 92.3 Å². The van der Waals surface area contributed by atoms with E-state index in [-0.39, 0.29) is 13.1 Å². The molecule has 0 heterocycles. The summed E-state index contributed by atoms with van der Waals surface area (Å²) >= 11 is 0. The Morgan fingerprint density at radius 3 is 2.20 bits per heavy atom. The van der Waals surface area contributed by atoms with Crippen molar-refractivity contribution in [3.8, 4) is 0 Å². The van der Waals surface area contributed by atoms with Crippen LogP contribution in [-0.2, 0) is 10.0 Å². The van der Waals surface area contributed by atoms with Crippen molar-refractivity contribution in [3.63, 3.8) is 0 Å². The van der Waals surface area contributed by atoms with E-state index in [0.29, 0.717) is 6.54 Å². The zero-order chi connectivity index (χ0) is 12.3. The number of hydrogen-bond donors (Lipinski definition) is 2. The summed E-state index contributed by atoms with van der Waals surface area (Å²) in [5.41, 5.74) is 4.32. The standard InChI is InChI=1S/C9H22N2O3S/c1-5-11(7-9(3,4)12)15(13,14)8(2)6-10/h8,12H,5-7,10H2,1-4H3. The van der Waals surface area contributed by atoms with E-state index in [4.69, 9.17) is 5.73 Å². The Kier molecular flexibility index (Phi) is 5.19. The summed E-state index contributed by atoms with van der Waals surface area (Å²) in [5, 5.41) is 8.99. The molecule has 0 saturated heterocycles. The van der Waals surface area contributed by atoms with Gasteiger partial charge in [-0.3, -0.25) is 0 Å². The third kappa shape index (κ3) is 4.46. The summed E-state index contributed by atoms with van der Waals surface area (Å²) in [6, 6.07) is 0. The van der Waals surface area contributed by atoms with Crippen LogP contribution in [0.5, 0.6) is 0 Å². The summed E-state index contributed by atoms with van der Waals surface area (Å²) < 4.78 is 25.1. The van der Waals surface area contributed by atoms with Crippen molar-refractivity contribution < 1.29 is 13.5 Å². The zero-order valence-electron chi connectivity index (χ0n) is 9.90. The van der Waals surface area contributed by atoms with Crippen LogP contribution in [0.25, 0.3) is 0 Å². The monoisotopic (exact) mass is 238 g/mol. The largest absolute Gasteiger partial charge is 0.389 e. The van der Waals surface area contributed by atoms with Gasteiger partial charge in [0, 0.05) is 19.6 Å². The molecule has 0 spiro atoms. The van der Waals surface area contributed by atoms with E-state index in [9.17, 15) is 13.5 Å². The van der Waals surface area contributed by atoms with Gasteiger partial charge in [-0.15, -0.1) is 0 Å². The molecule has 0 bridgehead atoms. The highest BCUT2D eigenvalue weighted by atomic mass is 32.2. The molecule has 0 fully saturated rings. The highest BCUT2D eigenvalue weighted by Crippen LogP contribution is 2.13. The van der Waals surface area contributed by atoms with Gasteiger partial charge >= 0.3 is 0 Å². The van der Waals surface area contributed by atoms with Gasteiger partial charge in [0.2, 0.25) is 10.0 Å². The van der Waals surface area contributed by atoms with Gasteiger partial charge < -0.3 is 10.8 Å². The fraction of sp³-hybridized carbons (Fsp3) is 1.00. The second kappa shape index (κ2) is 5.25. The quantitative estimate of drug-likeness (QED) is 0.669. The number of nitrogens with two attached hydrogens (primary N) is 1. The fourth-order valence-corrected chi connectivity index (χ4v) is 2.80. The molecule has 0 amide bonds. The number of hydrogen-bond acceptors (Lipinski definition) is 4. The van der Waals surface area contributed by atoms with Crippen LogP contribution in [0, 0.1) is 0 Å². The van der Waals surface area contributed by atoms with Gasteiger partial charge in [0.15, 0.2) is 0 Å². The van der Waals surface area contributed by atoms with E-state index >= 15 is 0 Å². The number of likely N-dealkylation sites (N-methyl/N-ethyl adjacent to an activating group) is 1. The Bertz CT molecular complexity index is 282. The highest BCUT2D eigenvalue weighted by molar-refractivity contribution is 7.89. The number of rotatable bonds is 6. The lowest BCUT2D eigenvalue weighted by molar-refractivity contribution is 0.0599. The molecule has 0 aliphatic rings. The van der Waals surface area contributed by atoms with Crippen molar-refractivity contribution in [2.45, 2.75) is 38.5 Å². The molecule has 1 atom stereocenters. The maximum absolute atomic E-state index is 11.9. The number of sulfonamides is 1. The molecule has 0 aromatic heterocycles. The first-order chi connectivity index (χ1) is 6.65. The third-order valence-electron chi connectivity index (χ3n) is 2.12. The van der Waals surface area contributed by atoms with Gasteiger partial charge in [-0.2, -0.15) is 4.31 Å². The van der Waals surface area contributed by atoms with Crippen LogP contribution in [0.3, 0.4) is 0 Å². The molecule has 15 heavy (non-hydrogen) atoms. The molecule has 92 valence electrons. The third-order valence-corrected chi connectivity index (χ3v) is 4.43. The molecular weight excluding hydrogens is 216 g/mol. The molecular formula is C9H22N2O3S. The van der Waals surface area contributed by atoms with Gasteiger partial charge in [0.1, 0.15) is 0 Å². The van der Waals surface area contributed by atoms with Crippen molar-refractivity contribution in [1.82, 2.24) is 4.31 Å². The van der Waals surface area contributed by atoms with Gasteiger partial charge in [-0.25, -0.2) is 8.42 Å². The first-order valence-electron chi connectivity index (χ1n) is 5.06. The molecule has 0 radical (unpaired) electrons. The van der Waals surface area contributed by atoms with Crippen molar-refractivity contribution in [2.75, 3.05) is 19.6 Å². The summed E-state index contributed by atoms with van der Waals surface area (Å²) in [7, 11) is -3.39. The van der Waals surface area contributed by atoms with E-state index < -0.39 is 20.9 Å². The molecule has 0 aliphatic carbocycles. The van der Waals surface area contributed by atoms with E-state index in [1.807, 2.05) is 0 Å². The Morgan fingerprint density at radius 1 is 1.47 bits per heavy atom. The molecule has 3 N–H and O–H groups in total. The second-order valence-electron chi connectivity index (χ2n) is 4.33. The van der Waals surface area contributed by atoms with Crippen molar-refractivity contribution in [2.24, 2.45) is 5.73 Å². The minimum absolute atomic E-state index is 0.0880. The molecule has 0 aliphatic heterocycles. The Balaban J connectivity index is 4.83.